The lowest BCUT2D eigenvalue weighted by Gasteiger charge is -2.10. The number of nitrogens with one attached hydrogen (secondary N) is 1. The zero-order valence-electron chi connectivity index (χ0n) is 15.5. The minimum atomic E-state index is -0.100. The van der Waals surface area contributed by atoms with Crippen molar-refractivity contribution in [3.8, 4) is 11.4 Å². The van der Waals surface area contributed by atoms with E-state index in [9.17, 15) is 4.79 Å². The van der Waals surface area contributed by atoms with E-state index in [1.807, 2.05) is 28.1 Å². The number of thioether (sulfide) groups is 1. The summed E-state index contributed by atoms with van der Waals surface area (Å²) in [5.74, 6) is 1.93. The monoisotopic (exact) mass is 413 g/mol. The summed E-state index contributed by atoms with van der Waals surface area (Å²) in [7, 11) is 1.67. The first-order valence-electron chi connectivity index (χ1n) is 8.74. The SMILES string of the molecule is COCCn1c(SCc2nc3ccsc3c(=O)[nH]2)nnc1-c1cccc(C)c1. The molecule has 3 heterocycles. The van der Waals surface area contributed by atoms with Crippen LogP contribution in [0.2, 0.25) is 0 Å². The molecule has 9 heteroatoms. The minimum absolute atomic E-state index is 0.100. The van der Waals surface area contributed by atoms with E-state index in [1.165, 1.54) is 28.7 Å². The number of thiophene rings is 1. The van der Waals surface area contributed by atoms with Crippen LogP contribution in [-0.4, -0.2) is 38.4 Å². The van der Waals surface area contributed by atoms with Crippen molar-refractivity contribution in [2.45, 2.75) is 24.4 Å². The molecule has 0 aliphatic carbocycles. The Morgan fingerprint density at radius 3 is 3.00 bits per heavy atom. The fourth-order valence-electron chi connectivity index (χ4n) is 2.90. The first kappa shape index (κ1) is 18.9. The number of aromatic amines is 1. The van der Waals surface area contributed by atoms with E-state index in [0.717, 1.165) is 22.1 Å². The lowest BCUT2D eigenvalue weighted by atomic mass is 10.1. The molecule has 0 radical (unpaired) electrons. The summed E-state index contributed by atoms with van der Waals surface area (Å²) in [5.41, 5.74) is 2.81. The van der Waals surface area contributed by atoms with Gasteiger partial charge in [0.2, 0.25) is 0 Å². The molecule has 3 aromatic heterocycles. The maximum atomic E-state index is 12.2. The molecule has 0 aliphatic rings. The Morgan fingerprint density at radius 2 is 2.18 bits per heavy atom. The Kier molecular flexibility index (Phi) is 5.56. The van der Waals surface area contributed by atoms with E-state index < -0.39 is 0 Å². The quantitative estimate of drug-likeness (QED) is 0.467. The Bertz CT molecular complexity index is 1160. The van der Waals surface area contributed by atoms with E-state index >= 15 is 0 Å². The van der Waals surface area contributed by atoms with Crippen molar-refractivity contribution < 1.29 is 4.74 Å². The number of aryl methyl sites for hydroxylation is 1. The molecule has 0 amide bonds. The number of ether oxygens (including phenoxy) is 1. The molecule has 28 heavy (non-hydrogen) atoms. The summed E-state index contributed by atoms with van der Waals surface area (Å²) in [6.07, 6.45) is 0. The second kappa shape index (κ2) is 8.26. The standard InChI is InChI=1S/C19H19N5O2S2/c1-12-4-3-5-13(10-12)17-22-23-19(24(17)7-8-26-2)28-11-15-20-14-6-9-27-16(14)18(25)21-15/h3-6,9-10H,7-8,11H2,1-2H3,(H,20,21,25). The van der Waals surface area contributed by atoms with Crippen LogP contribution in [-0.2, 0) is 17.0 Å². The van der Waals surface area contributed by atoms with E-state index in [0.29, 0.717) is 29.4 Å². The summed E-state index contributed by atoms with van der Waals surface area (Å²) in [6, 6.07) is 10.0. The van der Waals surface area contributed by atoms with Crippen LogP contribution in [0.1, 0.15) is 11.4 Å². The van der Waals surface area contributed by atoms with Crippen LogP contribution in [0.3, 0.4) is 0 Å². The van der Waals surface area contributed by atoms with Crippen LogP contribution in [0.5, 0.6) is 0 Å². The molecule has 0 atom stereocenters. The van der Waals surface area contributed by atoms with Crippen LogP contribution >= 0.6 is 23.1 Å². The molecular weight excluding hydrogens is 394 g/mol. The average Bonchev–Trinajstić information content (AvgIpc) is 3.31. The Morgan fingerprint density at radius 1 is 1.29 bits per heavy atom. The number of rotatable bonds is 7. The molecule has 0 fully saturated rings. The third kappa shape index (κ3) is 3.87. The summed E-state index contributed by atoms with van der Waals surface area (Å²) in [6.45, 7) is 3.25. The molecule has 0 spiro atoms. The maximum Gasteiger partial charge on any atom is 0.268 e. The van der Waals surface area contributed by atoms with Gasteiger partial charge in [0.25, 0.3) is 5.56 Å². The number of methoxy groups -OCH3 is 1. The Labute approximate surface area is 169 Å². The van der Waals surface area contributed by atoms with Crippen LogP contribution in [0.15, 0.2) is 45.7 Å². The lowest BCUT2D eigenvalue weighted by Crippen LogP contribution is -2.10. The minimum Gasteiger partial charge on any atom is -0.383 e. The first-order chi connectivity index (χ1) is 13.7. The van der Waals surface area contributed by atoms with Crippen molar-refractivity contribution in [1.29, 1.82) is 0 Å². The number of nitrogens with zero attached hydrogens (tertiary/aromatic N) is 4. The van der Waals surface area contributed by atoms with E-state index in [1.54, 1.807) is 7.11 Å². The highest BCUT2D eigenvalue weighted by Crippen LogP contribution is 2.26. The van der Waals surface area contributed by atoms with Gasteiger partial charge >= 0.3 is 0 Å². The molecule has 4 aromatic rings. The molecule has 1 N–H and O–H groups in total. The van der Waals surface area contributed by atoms with Crippen LogP contribution < -0.4 is 5.56 Å². The van der Waals surface area contributed by atoms with Crippen molar-refractivity contribution in [2.75, 3.05) is 13.7 Å². The van der Waals surface area contributed by atoms with Gasteiger partial charge in [0.1, 0.15) is 10.5 Å². The Balaban J connectivity index is 1.62. The molecule has 0 saturated carbocycles. The van der Waals surface area contributed by atoms with Gasteiger partial charge in [0.05, 0.1) is 24.4 Å². The van der Waals surface area contributed by atoms with Gasteiger partial charge < -0.3 is 9.72 Å². The van der Waals surface area contributed by atoms with Crippen LogP contribution in [0, 0.1) is 6.92 Å². The summed E-state index contributed by atoms with van der Waals surface area (Å²) < 4.78 is 7.96. The molecule has 0 unspecified atom stereocenters. The highest BCUT2D eigenvalue weighted by molar-refractivity contribution is 7.98. The molecule has 4 rings (SSSR count). The summed E-state index contributed by atoms with van der Waals surface area (Å²) >= 11 is 2.89. The molecule has 1 aromatic carbocycles. The zero-order chi connectivity index (χ0) is 19.5. The number of fused-ring (bicyclic) bond motifs is 1. The Hall–Kier alpha value is -2.49. The van der Waals surface area contributed by atoms with Gasteiger partial charge in [-0.05, 0) is 24.4 Å². The van der Waals surface area contributed by atoms with Crippen molar-refractivity contribution in [3.05, 3.63) is 57.5 Å². The van der Waals surface area contributed by atoms with Gasteiger partial charge in [-0.3, -0.25) is 9.36 Å². The number of hydrogen-bond donors (Lipinski definition) is 1. The highest BCUT2D eigenvalue weighted by Gasteiger charge is 2.15. The van der Waals surface area contributed by atoms with Gasteiger partial charge in [0.15, 0.2) is 11.0 Å². The third-order valence-electron chi connectivity index (χ3n) is 4.21. The van der Waals surface area contributed by atoms with Gasteiger partial charge in [-0.25, -0.2) is 4.98 Å². The smallest absolute Gasteiger partial charge is 0.268 e. The summed E-state index contributed by atoms with van der Waals surface area (Å²) in [4.78, 5) is 19.5. The fourth-order valence-corrected chi connectivity index (χ4v) is 4.46. The van der Waals surface area contributed by atoms with Gasteiger partial charge in [-0.1, -0.05) is 35.5 Å². The summed E-state index contributed by atoms with van der Waals surface area (Å²) in [5, 5.41) is 11.4. The number of hydrogen-bond acceptors (Lipinski definition) is 7. The molecule has 7 nitrogen and oxygen atoms in total. The van der Waals surface area contributed by atoms with Crippen molar-refractivity contribution in [2.24, 2.45) is 0 Å². The topological polar surface area (TPSA) is 85.7 Å². The number of benzene rings is 1. The van der Waals surface area contributed by atoms with Crippen molar-refractivity contribution in [1.82, 2.24) is 24.7 Å². The van der Waals surface area contributed by atoms with E-state index in [-0.39, 0.29) is 5.56 Å². The second-order valence-electron chi connectivity index (χ2n) is 6.26. The first-order valence-corrected chi connectivity index (χ1v) is 10.6. The van der Waals surface area contributed by atoms with Crippen molar-refractivity contribution >= 4 is 33.3 Å². The number of H-pyrrole nitrogens is 1. The maximum absolute atomic E-state index is 12.2. The molecular formula is C19H19N5O2S2. The third-order valence-corrected chi connectivity index (χ3v) is 6.09. The predicted molar refractivity (Wildman–Crippen MR) is 112 cm³/mol. The average molecular weight is 414 g/mol. The second-order valence-corrected chi connectivity index (χ2v) is 8.11. The van der Waals surface area contributed by atoms with E-state index in [2.05, 4.69) is 39.2 Å². The predicted octanol–water partition coefficient (Wildman–Crippen LogP) is 3.49. The largest absolute Gasteiger partial charge is 0.383 e. The van der Waals surface area contributed by atoms with Gasteiger partial charge in [-0.2, -0.15) is 0 Å². The van der Waals surface area contributed by atoms with E-state index in [4.69, 9.17) is 4.74 Å². The lowest BCUT2D eigenvalue weighted by molar-refractivity contribution is 0.185. The van der Waals surface area contributed by atoms with Crippen LogP contribution in [0.25, 0.3) is 21.6 Å². The molecule has 0 saturated heterocycles. The van der Waals surface area contributed by atoms with Crippen LogP contribution in [0.4, 0.5) is 0 Å². The van der Waals surface area contributed by atoms with Crippen molar-refractivity contribution in [3.63, 3.8) is 0 Å². The zero-order valence-corrected chi connectivity index (χ0v) is 17.1. The number of aromatic nitrogens is 5. The molecule has 0 aliphatic heterocycles. The highest BCUT2D eigenvalue weighted by atomic mass is 32.2. The van der Waals surface area contributed by atoms with Gasteiger partial charge in [-0.15, -0.1) is 21.5 Å². The molecule has 0 bridgehead atoms. The molecule has 144 valence electrons. The van der Waals surface area contributed by atoms with Gasteiger partial charge in [0, 0.05) is 12.7 Å². The fraction of sp³-hybridized carbons (Fsp3) is 0.263. The normalized spacial score (nSPS) is 11.4.